The highest BCUT2D eigenvalue weighted by Gasteiger charge is 2.41. The Morgan fingerprint density at radius 2 is 1.36 bits per heavy atom. The van der Waals surface area contributed by atoms with Crippen molar-refractivity contribution < 1.29 is 27.1 Å². The summed E-state index contributed by atoms with van der Waals surface area (Å²) in [5.74, 6) is 0.849. The SMILES string of the molecule is CCCCCCOc1cc(-c2cc[n+](CC)cc2)c2nsnc2c1-c1cc[n+](CC[Si](OCC)(OCC)OCC)cc1. The van der Waals surface area contributed by atoms with E-state index >= 15 is 0 Å². The summed E-state index contributed by atoms with van der Waals surface area (Å²) in [6.45, 7) is 14.4. The predicted octanol–water partition coefficient (Wildman–Crippen LogP) is 6.63. The van der Waals surface area contributed by atoms with Crippen molar-refractivity contribution in [3.63, 3.8) is 0 Å². The molecule has 4 rings (SSSR count). The van der Waals surface area contributed by atoms with Crippen LogP contribution in [0.25, 0.3) is 33.3 Å². The van der Waals surface area contributed by atoms with Gasteiger partial charge < -0.3 is 18.0 Å². The van der Waals surface area contributed by atoms with Crippen molar-refractivity contribution in [3.8, 4) is 28.0 Å². The minimum Gasteiger partial charge on any atom is -0.493 e. The van der Waals surface area contributed by atoms with Crippen LogP contribution in [0, 0.1) is 0 Å². The van der Waals surface area contributed by atoms with E-state index < -0.39 is 8.80 Å². The van der Waals surface area contributed by atoms with Gasteiger partial charge >= 0.3 is 8.80 Å². The highest BCUT2D eigenvalue weighted by molar-refractivity contribution is 7.00. The lowest BCUT2D eigenvalue weighted by molar-refractivity contribution is -0.693. The molecular weight excluding hydrogens is 565 g/mol. The molecule has 3 heterocycles. The lowest BCUT2D eigenvalue weighted by atomic mass is 9.97. The van der Waals surface area contributed by atoms with Gasteiger partial charge in [0, 0.05) is 49.6 Å². The number of benzene rings is 1. The van der Waals surface area contributed by atoms with Crippen LogP contribution in [0.15, 0.2) is 55.1 Å². The van der Waals surface area contributed by atoms with Crippen LogP contribution in [0.5, 0.6) is 5.75 Å². The zero-order valence-electron chi connectivity index (χ0n) is 25.8. The van der Waals surface area contributed by atoms with Crippen LogP contribution in [0.3, 0.4) is 0 Å². The summed E-state index contributed by atoms with van der Waals surface area (Å²) in [6, 6.07) is 11.4. The Bertz CT molecular complexity index is 1370. The molecule has 0 atom stereocenters. The first-order chi connectivity index (χ1) is 20.6. The molecule has 0 radical (unpaired) electrons. The highest BCUT2D eigenvalue weighted by atomic mass is 32.1. The molecule has 226 valence electrons. The average Bonchev–Trinajstić information content (AvgIpc) is 3.50. The number of rotatable bonds is 18. The second-order valence-corrected chi connectivity index (χ2v) is 13.4. The molecular formula is C32H46N4O4SSi+2. The van der Waals surface area contributed by atoms with Crippen molar-refractivity contribution in [1.29, 1.82) is 0 Å². The Labute approximate surface area is 255 Å². The maximum atomic E-state index is 6.51. The van der Waals surface area contributed by atoms with E-state index in [9.17, 15) is 0 Å². The van der Waals surface area contributed by atoms with Crippen molar-refractivity contribution >= 4 is 31.6 Å². The van der Waals surface area contributed by atoms with Crippen molar-refractivity contribution in [2.24, 2.45) is 0 Å². The van der Waals surface area contributed by atoms with E-state index in [-0.39, 0.29) is 0 Å². The number of hydrogen-bond acceptors (Lipinski definition) is 7. The molecule has 0 amide bonds. The van der Waals surface area contributed by atoms with E-state index in [1.54, 1.807) is 0 Å². The molecule has 8 nitrogen and oxygen atoms in total. The summed E-state index contributed by atoms with van der Waals surface area (Å²) in [6.07, 6.45) is 13.0. The van der Waals surface area contributed by atoms with Crippen LogP contribution in [-0.4, -0.2) is 44.0 Å². The van der Waals surface area contributed by atoms with Gasteiger partial charge in [-0.25, -0.2) is 9.13 Å². The number of hydrogen-bond donors (Lipinski definition) is 0. The molecule has 0 aliphatic carbocycles. The molecule has 0 bridgehead atoms. The molecule has 0 N–H and O–H groups in total. The van der Waals surface area contributed by atoms with Gasteiger partial charge in [0.05, 0.1) is 29.9 Å². The van der Waals surface area contributed by atoms with Crippen LogP contribution in [0.4, 0.5) is 0 Å². The van der Waals surface area contributed by atoms with Crippen LogP contribution < -0.4 is 13.9 Å². The third-order valence-corrected chi connectivity index (χ3v) is 10.8. The summed E-state index contributed by atoms with van der Waals surface area (Å²) >= 11 is 1.25. The molecule has 0 saturated carbocycles. The van der Waals surface area contributed by atoms with Gasteiger partial charge in [0.1, 0.15) is 23.3 Å². The quantitative estimate of drug-likeness (QED) is 0.0716. The Balaban J connectivity index is 1.66. The molecule has 0 saturated heterocycles. The van der Waals surface area contributed by atoms with Gasteiger partial charge in [-0.15, -0.1) is 0 Å². The van der Waals surface area contributed by atoms with Crippen LogP contribution in [-0.2, 0) is 26.4 Å². The summed E-state index contributed by atoms with van der Waals surface area (Å²) in [5.41, 5.74) is 5.98. The average molecular weight is 611 g/mol. The second kappa shape index (κ2) is 16.2. The third-order valence-electron chi connectivity index (χ3n) is 7.27. The Morgan fingerprint density at radius 3 is 1.98 bits per heavy atom. The topological polar surface area (TPSA) is 70.5 Å². The third kappa shape index (κ3) is 7.99. The lowest BCUT2D eigenvalue weighted by Gasteiger charge is -2.27. The molecule has 0 fully saturated rings. The van der Waals surface area contributed by atoms with Gasteiger partial charge in [-0.2, -0.15) is 8.75 Å². The van der Waals surface area contributed by atoms with Crippen molar-refractivity contribution in [3.05, 3.63) is 55.1 Å². The smallest absolute Gasteiger partial charge is 0.493 e. The monoisotopic (exact) mass is 610 g/mol. The normalized spacial score (nSPS) is 11.8. The largest absolute Gasteiger partial charge is 0.507 e. The zero-order chi connectivity index (χ0) is 29.8. The molecule has 0 aliphatic rings. The molecule has 1 aromatic carbocycles. The van der Waals surface area contributed by atoms with Crippen molar-refractivity contribution in [2.75, 3.05) is 26.4 Å². The highest BCUT2D eigenvalue weighted by Crippen LogP contribution is 2.41. The van der Waals surface area contributed by atoms with Crippen LogP contribution in [0.1, 0.15) is 60.3 Å². The molecule has 4 aromatic rings. The maximum Gasteiger partial charge on any atom is 0.507 e. The first kappa shape index (κ1) is 32.2. The Kier molecular flexibility index (Phi) is 12.4. The van der Waals surface area contributed by atoms with E-state index in [0.717, 1.165) is 65.0 Å². The number of nitrogens with zero attached hydrogens (tertiary/aromatic N) is 4. The Morgan fingerprint density at radius 1 is 0.738 bits per heavy atom. The van der Waals surface area contributed by atoms with Crippen LogP contribution in [0.2, 0.25) is 6.04 Å². The molecule has 0 aliphatic heterocycles. The summed E-state index contributed by atoms with van der Waals surface area (Å²) in [7, 11) is -2.72. The molecule has 42 heavy (non-hydrogen) atoms. The molecule has 10 heteroatoms. The van der Waals surface area contributed by atoms with Gasteiger partial charge in [-0.05, 0) is 51.3 Å². The lowest BCUT2D eigenvalue weighted by Crippen LogP contribution is -2.49. The number of fused-ring (bicyclic) bond motifs is 1. The number of ether oxygens (including phenoxy) is 1. The summed E-state index contributed by atoms with van der Waals surface area (Å²) in [5, 5.41) is 0. The summed E-state index contributed by atoms with van der Waals surface area (Å²) < 4.78 is 38.5. The second-order valence-electron chi connectivity index (χ2n) is 10.1. The standard InChI is InChI=1S/C32H46N4O4SSi/c1-6-11-12-13-23-37-29-25-28(26-14-18-35(7-2)19-15-26)31-32(34-41-33-31)30(29)27-16-20-36(21-17-27)22-24-42(38-8-3,39-9-4)40-10-5/h14-21,25H,6-13,22-24H2,1-5H3/q+2. The van der Waals surface area contributed by atoms with Gasteiger partial charge in [-0.1, -0.05) is 26.2 Å². The fraction of sp³-hybridized carbons (Fsp3) is 0.500. The van der Waals surface area contributed by atoms with Crippen LogP contribution >= 0.6 is 11.7 Å². The minimum atomic E-state index is -2.72. The number of aromatic nitrogens is 4. The predicted molar refractivity (Wildman–Crippen MR) is 169 cm³/mol. The molecule has 3 aromatic heterocycles. The maximum absolute atomic E-state index is 6.51. The Hall–Kier alpha value is -2.76. The number of aryl methyl sites for hydroxylation is 2. The fourth-order valence-corrected chi connectivity index (χ4v) is 8.23. The first-order valence-corrected chi connectivity index (χ1v) is 18.1. The van der Waals surface area contributed by atoms with E-state index in [2.05, 4.69) is 78.1 Å². The van der Waals surface area contributed by atoms with Crippen molar-refractivity contribution in [2.45, 2.75) is 79.4 Å². The zero-order valence-corrected chi connectivity index (χ0v) is 27.6. The molecule has 0 spiro atoms. The fourth-order valence-electron chi connectivity index (χ4n) is 5.13. The van der Waals surface area contributed by atoms with E-state index in [1.807, 2.05) is 20.8 Å². The summed E-state index contributed by atoms with van der Waals surface area (Å²) in [4.78, 5) is 0. The number of unbranched alkanes of at least 4 members (excludes halogenated alkanes) is 3. The van der Waals surface area contributed by atoms with Gasteiger partial charge in [0.25, 0.3) is 0 Å². The number of pyridine rings is 2. The molecule has 0 unspecified atom stereocenters. The van der Waals surface area contributed by atoms with Crippen molar-refractivity contribution in [1.82, 2.24) is 8.75 Å². The minimum absolute atomic E-state index is 0.576. The van der Waals surface area contributed by atoms with Gasteiger partial charge in [0.15, 0.2) is 31.3 Å². The van der Waals surface area contributed by atoms with Gasteiger partial charge in [0.2, 0.25) is 0 Å². The first-order valence-electron chi connectivity index (χ1n) is 15.4. The van der Waals surface area contributed by atoms with Gasteiger partial charge in [-0.3, -0.25) is 0 Å². The van der Waals surface area contributed by atoms with E-state index in [0.29, 0.717) is 32.5 Å². The van der Waals surface area contributed by atoms with E-state index in [4.69, 9.17) is 26.8 Å². The van der Waals surface area contributed by atoms with E-state index in [1.165, 1.54) is 24.6 Å².